The number of rotatable bonds is 9. The number of benzene rings is 4. The highest BCUT2D eigenvalue weighted by Gasteiger charge is 2.18. The van der Waals surface area contributed by atoms with Crippen molar-refractivity contribution in [2.45, 2.75) is 26.9 Å². The molecule has 0 aliphatic rings. The molecule has 186 valence electrons. The SMILES string of the molecule is CC(=O)NOCc1ccccc1-c1ccc(NC(=O)Cc2ccc(C)cc2)c(C(=O)c2ccccc2)c1. The summed E-state index contributed by atoms with van der Waals surface area (Å²) in [5, 5.41) is 2.93. The molecule has 4 aromatic carbocycles. The minimum Gasteiger partial charge on any atom is -0.325 e. The van der Waals surface area contributed by atoms with E-state index in [0.29, 0.717) is 16.8 Å². The largest absolute Gasteiger partial charge is 0.325 e. The molecule has 6 nitrogen and oxygen atoms in total. The smallest absolute Gasteiger partial charge is 0.240 e. The van der Waals surface area contributed by atoms with Crippen LogP contribution in [-0.4, -0.2) is 17.6 Å². The summed E-state index contributed by atoms with van der Waals surface area (Å²) < 4.78 is 0. The van der Waals surface area contributed by atoms with Gasteiger partial charge in [-0.15, -0.1) is 0 Å². The fraction of sp³-hybridized carbons (Fsp3) is 0.129. The van der Waals surface area contributed by atoms with E-state index < -0.39 is 0 Å². The lowest BCUT2D eigenvalue weighted by Gasteiger charge is -2.15. The summed E-state index contributed by atoms with van der Waals surface area (Å²) in [6, 6.07) is 29.8. The first-order valence-corrected chi connectivity index (χ1v) is 12.0. The normalized spacial score (nSPS) is 10.5. The Kier molecular flexibility index (Phi) is 8.23. The van der Waals surface area contributed by atoms with Crippen LogP contribution in [0.1, 0.15) is 39.5 Å². The van der Waals surface area contributed by atoms with E-state index >= 15 is 0 Å². The number of carbonyl (C=O) groups is 3. The van der Waals surface area contributed by atoms with Crippen LogP contribution in [-0.2, 0) is 27.5 Å². The monoisotopic (exact) mass is 492 g/mol. The zero-order chi connectivity index (χ0) is 26.2. The highest BCUT2D eigenvalue weighted by Crippen LogP contribution is 2.30. The van der Waals surface area contributed by atoms with E-state index in [1.807, 2.05) is 67.6 Å². The summed E-state index contributed by atoms with van der Waals surface area (Å²) in [4.78, 5) is 42.9. The second kappa shape index (κ2) is 11.9. The van der Waals surface area contributed by atoms with Gasteiger partial charge in [0, 0.05) is 18.1 Å². The van der Waals surface area contributed by atoms with E-state index in [1.165, 1.54) is 6.92 Å². The number of anilines is 1. The Morgan fingerprint density at radius 3 is 2.24 bits per heavy atom. The van der Waals surface area contributed by atoms with Crippen molar-refractivity contribution in [2.75, 3.05) is 5.32 Å². The molecule has 0 spiro atoms. The summed E-state index contributed by atoms with van der Waals surface area (Å²) in [5.41, 5.74) is 8.19. The molecule has 0 heterocycles. The van der Waals surface area contributed by atoms with Gasteiger partial charge in [0.05, 0.1) is 12.1 Å². The first-order chi connectivity index (χ1) is 17.9. The molecule has 2 N–H and O–H groups in total. The fourth-order valence-electron chi connectivity index (χ4n) is 3.98. The van der Waals surface area contributed by atoms with Crippen molar-refractivity contribution >= 4 is 23.3 Å². The van der Waals surface area contributed by atoms with Gasteiger partial charge in [-0.3, -0.25) is 19.2 Å². The van der Waals surface area contributed by atoms with Crippen LogP contribution in [0.3, 0.4) is 0 Å². The number of ketones is 1. The molecular formula is C31H28N2O4. The molecule has 4 aromatic rings. The van der Waals surface area contributed by atoms with Gasteiger partial charge in [-0.2, -0.15) is 0 Å². The lowest BCUT2D eigenvalue weighted by molar-refractivity contribution is -0.132. The molecule has 0 aromatic heterocycles. The molecule has 0 fully saturated rings. The molecular weight excluding hydrogens is 464 g/mol. The molecule has 0 radical (unpaired) electrons. The Labute approximate surface area is 216 Å². The first kappa shape index (κ1) is 25.5. The maximum absolute atomic E-state index is 13.5. The van der Waals surface area contributed by atoms with E-state index in [2.05, 4.69) is 10.8 Å². The zero-order valence-electron chi connectivity index (χ0n) is 20.8. The Morgan fingerprint density at radius 2 is 1.51 bits per heavy atom. The quantitative estimate of drug-likeness (QED) is 0.234. The minimum atomic E-state index is -0.293. The van der Waals surface area contributed by atoms with Crippen molar-refractivity contribution in [1.82, 2.24) is 5.48 Å². The van der Waals surface area contributed by atoms with Crippen LogP contribution in [0.15, 0.2) is 97.1 Å². The third-order valence-corrected chi connectivity index (χ3v) is 5.83. The van der Waals surface area contributed by atoms with Crippen LogP contribution in [0.4, 0.5) is 5.69 Å². The Morgan fingerprint density at radius 1 is 0.811 bits per heavy atom. The zero-order valence-corrected chi connectivity index (χ0v) is 20.8. The van der Waals surface area contributed by atoms with Gasteiger partial charge in [0.1, 0.15) is 6.61 Å². The number of nitrogens with one attached hydrogen (secondary N) is 2. The lowest BCUT2D eigenvalue weighted by Crippen LogP contribution is -2.20. The van der Waals surface area contributed by atoms with Crippen LogP contribution < -0.4 is 10.8 Å². The number of amides is 2. The van der Waals surface area contributed by atoms with Gasteiger partial charge in [0.2, 0.25) is 11.8 Å². The van der Waals surface area contributed by atoms with Crippen molar-refractivity contribution < 1.29 is 19.2 Å². The molecule has 6 heteroatoms. The Bertz CT molecular complexity index is 1410. The van der Waals surface area contributed by atoms with Gasteiger partial charge < -0.3 is 5.32 Å². The standard InChI is InChI=1S/C31H28N2O4/c1-21-12-14-23(15-13-21)18-30(35)32-29-17-16-25(19-28(29)31(36)24-8-4-3-5-9-24)27-11-7-6-10-26(27)20-37-33-22(2)34/h3-17,19H,18,20H2,1-2H3,(H,32,35)(H,33,34). The van der Waals surface area contributed by atoms with Gasteiger partial charge in [-0.1, -0.05) is 90.5 Å². The number of hydroxylamine groups is 1. The van der Waals surface area contributed by atoms with Gasteiger partial charge in [-0.25, -0.2) is 5.48 Å². The highest BCUT2D eigenvalue weighted by atomic mass is 16.6. The summed E-state index contributed by atoms with van der Waals surface area (Å²) in [6.45, 7) is 3.53. The van der Waals surface area contributed by atoms with Crippen molar-refractivity contribution in [3.8, 4) is 11.1 Å². The summed E-state index contributed by atoms with van der Waals surface area (Å²) in [7, 11) is 0. The summed E-state index contributed by atoms with van der Waals surface area (Å²) in [6.07, 6.45) is 0.199. The third kappa shape index (κ3) is 6.78. The van der Waals surface area contributed by atoms with Crippen LogP contribution in [0.25, 0.3) is 11.1 Å². The topological polar surface area (TPSA) is 84.5 Å². The molecule has 0 saturated carbocycles. The van der Waals surface area contributed by atoms with Crippen LogP contribution in [0, 0.1) is 6.92 Å². The number of hydrogen-bond donors (Lipinski definition) is 2. The molecule has 0 atom stereocenters. The lowest BCUT2D eigenvalue weighted by atomic mass is 9.94. The maximum Gasteiger partial charge on any atom is 0.240 e. The minimum absolute atomic E-state index is 0.159. The molecule has 0 unspecified atom stereocenters. The van der Waals surface area contributed by atoms with Gasteiger partial charge in [-0.05, 0) is 41.3 Å². The average molecular weight is 493 g/mol. The van der Waals surface area contributed by atoms with Crippen LogP contribution in [0.2, 0.25) is 0 Å². The molecule has 0 bridgehead atoms. The third-order valence-electron chi connectivity index (χ3n) is 5.83. The number of aryl methyl sites for hydroxylation is 1. The first-order valence-electron chi connectivity index (χ1n) is 12.0. The van der Waals surface area contributed by atoms with Crippen LogP contribution >= 0.6 is 0 Å². The number of carbonyl (C=O) groups excluding carboxylic acids is 3. The van der Waals surface area contributed by atoms with E-state index in [9.17, 15) is 14.4 Å². The average Bonchev–Trinajstić information content (AvgIpc) is 2.90. The molecule has 4 rings (SSSR count). The number of hydrogen-bond acceptors (Lipinski definition) is 4. The summed E-state index contributed by atoms with van der Waals surface area (Å²) in [5.74, 6) is -0.693. The molecule has 2 amide bonds. The molecule has 0 aliphatic heterocycles. The van der Waals surface area contributed by atoms with Crippen molar-refractivity contribution in [3.63, 3.8) is 0 Å². The van der Waals surface area contributed by atoms with Gasteiger partial charge >= 0.3 is 0 Å². The van der Waals surface area contributed by atoms with E-state index in [-0.39, 0.29) is 30.6 Å². The van der Waals surface area contributed by atoms with E-state index in [1.54, 1.807) is 36.4 Å². The maximum atomic E-state index is 13.5. The van der Waals surface area contributed by atoms with Gasteiger partial charge in [0.25, 0.3) is 0 Å². The predicted octanol–water partition coefficient (Wildman–Crippen LogP) is 5.64. The van der Waals surface area contributed by atoms with E-state index in [0.717, 1.165) is 27.8 Å². The molecule has 0 aliphatic carbocycles. The van der Waals surface area contributed by atoms with Crippen molar-refractivity contribution in [1.29, 1.82) is 0 Å². The molecule has 0 saturated heterocycles. The molecule has 37 heavy (non-hydrogen) atoms. The Hall–Kier alpha value is -4.55. The van der Waals surface area contributed by atoms with Crippen molar-refractivity contribution in [2.24, 2.45) is 0 Å². The van der Waals surface area contributed by atoms with E-state index in [4.69, 9.17) is 4.84 Å². The van der Waals surface area contributed by atoms with Crippen LogP contribution in [0.5, 0.6) is 0 Å². The Balaban J connectivity index is 1.67. The fourth-order valence-corrected chi connectivity index (χ4v) is 3.98. The second-order valence-electron chi connectivity index (χ2n) is 8.77. The second-order valence-corrected chi connectivity index (χ2v) is 8.77. The van der Waals surface area contributed by atoms with Gasteiger partial charge in [0.15, 0.2) is 5.78 Å². The van der Waals surface area contributed by atoms with Crippen molar-refractivity contribution in [3.05, 3.63) is 125 Å². The summed E-state index contributed by atoms with van der Waals surface area (Å²) >= 11 is 0. The highest BCUT2D eigenvalue weighted by molar-refractivity contribution is 6.14. The predicted molar refractivity (Wildman–Crippen MR) is 144 cm³/mol.